The van der Waals surface area contributed by atoms with Gasteiger partial charge in [0.25, 0.3) is 0 Å². The van der Waals surface area contributed by atoms with Gasteiger partial charge in [0.1, 0.15) is 0 Å². The van der Waals surface area contributed by atoms with Gasteiger partial charge in [0, 0.05) is 18.9 Å². The van der Waals surface area contributed by atoms with Crippen LogP contribution in [0.1, 0.15) is 13.3 Å². The Morgan fingerprint density at radius 1 is 1.46 bits per heavy atom. The maximum Gasteiger partial charge on any atom is 0.244 e. The minimum absolute atomic E-state index is 0.0756. The molecule has 2 amide bonds. The summed E-state index contributed by atoms with van der Waals surface area (Å²) < 4.78 is 0. The van der Waals surface area contributed by atoms with Crippen LogP contribution in [0.15, 0.2) is 0 Å². The number of aliphatic hydroxyl groups excluding tert-OH is 1. The summed E-state index contributed by atoms with van der Waals surface area (Å²) in [7, 11) is 0. The highest BCUT2D eigenvalue weighted by Crippen LogP contribution is 2.00. The molecule has 0 fully saturated rings. The van der Waals surface area contributed by atoms with Crippen molar-refractivity contribution in [1.29, 1.82) is 0 Å². The number of rotatable bonds is 5. The summed E-state index contributed by atoms with van der Waals surface area (Å²) in [6.07, 6.45) is -0.0756. The number of amides is 2. The third-order valence-corrected chi connectivity index (χ3v) is 1.47. The lowest BCUT2D eigenvalue weighted by Gasteiger charge is -2.09. The molecule has 0 saturated carbocycles. The quantitative estimate of drug-likeness (QED) is 0.317. The predicted molar refractivity (Wildman–Crippen MR) is 43.8 cm³/mol. The molecular formula is C7H14N2O4. The van der Waals surface area contributed by atoms with E-state index in [0.717, 1.165) is 0 Å². The Balaban J connectivity index is 3.75. The largest absolute Gasteiger partial charge is 0.395 e. The van der Waals surface area contributed by atoms with E-state index in [2.05, 4.69) is 5.32 Å². The zero-order chi connectivity index (χ0) is 10.3. The maximum atomic E-state index is 11.1. The number of hydrogen-bond donors (Lipinski definition) is 4. The molecule has 0 aliphatic carbocycles. The van der Waals surface area contributed by atoms with Crippen molar-refractivity contribution in [1.82, 2.24) is 10.8 Å². The number of hydrogen-bond acceptors (Lipinski definition) is 4. The number of hydroxylamine groups is 1. The molecule has 0 saturated heterocycles. The van der Waals surface area contributed by atoms with Gasteiger partial charge >= 0.3 is 0 Å². The Morgan fingerprint density at radius 3 is 2.54 bits per heavy atom. The van der Waals surface area contributed by atoms with Gasteiger partial charge in [0.2, 0.25) is 11.8 Å². The average molecular weight is 190 g/mol. The van der Waals surface area contributed by atoms with E-state index in [1.807, 2.05) is 0 Å². The fourth-order valence-electron chi connectivity index (χ4n) is 0.770. The number of carbonyl (C=O) groups excluding carboxylic acids is 2. The summed E-state index contributed by atoms with van der Waals surface area (Å²) in [6.45, 7) is 1.59. The second-order valence-electron chi connectivity index (χ2n) is 2.65. The van der Waals surface area contributed by atoms with Crippen molar-refractivity contribution in [3.05, 3.63) is 0 Å². The molecule has 0 radical (unpaired) electrons. The van der Waals surface area contributed by atoms with Crippen molar-refractivity contribution in [2.45, 2.75) is 13.3 Å². The molecule has 0 aromatic heterocycles. The van der Waals surface area contributed by atoms with Gasteiger partial charge in [-0.2, -0.15) is 0 Å². The third-order valence-electron chi connectivity index (χ3n) is 1.47. The number of nitrogens with one attached hydrogen (secondary N) is 2. The molecule has 76 valence electrons. The molecule has 0 aromatic carbocycles. The molecule has 0 unspecified atom stereocenters. The average Bonchev–Trinajstić information content (AvgIpc) is 2.13. The first-order valence-corrected chi connectivity index (χ1v) is 3.93. The molecule has 0 heterocycles. The topological polar surface area (TPSA) is 98.7 Å². The van der Waals surface area contributed by atoms with Crippen LogP contribution in [0, 0.1) is 5.92 Å². The molecule has 6 nitrogen and oxygen atoms in total. The summed E-state index contributed by atoms with van der Waals surface area (Å²) in [5.41, 5.74) is 1.44. The molecule has 4 N–H and O–H groups in total. The van der Waals surface area contributed by atoms with Crippen LogP contribution in [0.25, 0.3) is 0 Å². The first-order chi connectivity index (χ1) is 6.11. The Bertz CT molecular complexity index is 183. The van der Waals surface area contributed by atoms with Crippen molar-refractivity contribution in [3.8, 4) is 0 Å². The lowest BCUT2D eigenvalue weighted by Crippen LogP contribution is -2.34. The number of carbonyl (C=O) groups is 2. The summed E-state index contributed by atoms with van der Waals surface area (Å²) in [4.78, 5) is 21.7. The second-order valence-corrected chi connectivity index (χ2v) is 2.65. The highest BCUT2D eigenvalue weighted by Gasteiger charge is 2.15. The number of aliphatic hydroxyl groups is 1. The molecule has 6 heteroatoms. The fourth-order valence-corrected chi connectivity index (χ4v) is 0.770. The minimum atomic E-state index is -0.605. The molecule has 0 aromatic rings. The fraction of sp³-hybridized carbons (Fsp3) is 0.714. The van der Waals surface area contributed by atoms with Crippen LogP contribution in [0.2, 0.25) is 0 Å². The Morgan fingerprint density at radius 2 is 2.08 bits per heavy atom. The highest BCUT2D eigenvalue weighted by atomic mass is 16.5. The van der Waals surface area contributed by atoms with Crippen molar-refractivity contribution in [3.63, 3.8) is 0 Å². The van der Waals surface area contributed by atoms with Crippen LogP contribution in [0.4, 0.5) is 0 Å². The van der Waals surface area contributed by atoms with Gasteiger partial charge in [-0.1, -0.05) is 6.92 Å². The maximum absolute atomic E-state index is 11.1. The van der Waals surface area contributed by atoms with Gasteiger partial charge in [-0.05, 0) is 0 Å². The van der Waals surface area contributed by atoms with Gasteiger partial charge in [0.15, 0.2) is 0 Å². The summed E-state index contributed by atoms with van der Waals surface area (Å²) in [5.74, 6) is -1.44. The van der Waals surface area contributed by atoms with Crippen LogP contribution in [0.3, 0.4) is 0 Å². The van der Waals surface area contributed by atoms with E-state index in [1.165, 1.54) is 5.48 Å². The standard InChI is InChI=1S/C7H14N2O4/c1-5(4-6(11)9-13)7(12)8-2-3-10/h5,10,13H,2-4H2,1H3,(H,8,12)(H,9,11)/t5-/m1/s1. The van der Waals surface area contributed by atoms with Gasteiger partial charge < -0.3 is 10.4 Å². The SMILES string of the molecule is C[C@H](CC(=O)NO)C(=O)NCCO. The molecule has 0 aliphatic heterocycles. The molecule has 0 rings (SSSR count). The Hall–Kier alpha value is -1.14. The van der Waals surface area contributed by atoms with E-state index in [1.54, 1.807) is 6.92 Å². The molecule has 0 aliphatic rings. The van der Waals surface area contributed by atoms with Crippen molar-refractivity contribution >= 4 is 11.8 Å². The van der Waals surface area contributed by atoms with Crippen LogP contribution < -0.4 is 10.8 Å². The van der Waals surface area contributed by atoms with Gasteiger partial charge in [-0.3, -0.25) is 14.8 Å². The first-order valence-electron chi connectivity index (χ1n) is 3.93. The summed E-state index contributed by atoms with van der Waals surface area (Å²) in [6, 6.07) is 0. The normalized spacial score (nSPS) is 11.9. The zero-order valence-corrected chi connectivity index (χ0v) is 7.41. The minimum Gasteiger partial charge on any atom is -0.395 e. The second kappa shape index (κ2) is 6.38. The molecular weight excluding hydrogens is 176 g/mol. The van der Waals surface area contributed by atoms with E-state index in [-0.39, 0.29) is 25.5 Å². The zero-order valence-electron chi connectivity index (χ0n) is 7.41. The van der Waals surface area contributed by atoms with Crippen molar-refractivity contribution in [2.24, 2.45) is 5.92 Å². The van der Waals surface area contributed by atoms with E-state index >= 15 is 0 Å². The van der Waals surface area contributed by atoms with Gasteiger partial charge in [-0.25, -0.2) is 5.48 Å². The predicted octanol–water partition coefficient (Wildman–Crippen LogP) is -1.37. The summed E-state index contributed by atoms with van der Waals surface area (Å²) in [5, 5.41) is 19.0. The van der Waals surface area contributed by atoms with Crippen LogP contribution in [-0.2, 0) is 9.59 Å². The van der Waals surface area contributed by atoms with E-state index in [9.17, 15) is 9.59 Å². The summed E-state index contributed by atoms with van der Waals surface area (Å²) >= 11 is 0. The van der Waals surface area contributed by atoms with Crippen molar-refractivity contribution < 1.29 is 19.9 Å². The van der Waals surface area contributed by atoms with Crippen LogP contribution in [0.5, 0.6) is 0 Å². The van der Waals surface area contributed by atoms with Gasteiger partial charge in [0.05, 0.1) is 6.61 Å². The molecule has 0 bridgehead atoms. The molecule has 0 spiro atoms. The smallest absolute Gasteiger partial charge is 0.244 e. The van der Waals surface area contributed by atoms with E-state index in [4.69, 9.17) is 10.3 Å². The highest BCUT2D eigenvalue weighted by molar-refractivity contribution is 5.84. The Labute approximate surface area is 75.9 Å². The van der Waals surface area contributed by atoms with E-state index < -0.39 is 11.8 Å². The third kappa shape index (κ3) is 5.15. The lowest BCUT2D eigenvalue weighted by atomic mass is 10.1. The molecule has 1 atom stereocenters. The monoisotopic (exact) mass is 190 g/mol. The van der Waals surface area contributed by atoms with Crippen LogP contribution in [-0.4, -0.2) is 35.3 Å². The van der Waals surface area contributed by atoms with E-state index in [0.29, 0.717) is 0 Å². The molecule has 13 heavy (non-hydrogen) atoms. The van der Waals surface area contributed by atoms with Gasteiger partial charge in [-0.15, -0.1) is 0 Å². The Kier molecular flexibility index (Phi) is 5.82. The van der Waals surface area contributed by atoms with Crippen molar-refractivity contribution in [2.75, 3.05) is 13.2 Å². The van der Waals surface area contributed by atoms with Crippen LogP contribution >= 0.6 is 0 Å². The first kappa shape index (κ1) is 11.9. The lowest BCUT2D eigenvalue weighted by molar-refractivity contribution is -0.134.